The Morgan fingerprint density at radius 3 is 2.08 bits per heavy atom. The van der Waals surface area contributed by atoms with Crippen molar-refractivity contribution >= 4 is 11.7 Å². The number of nitrogens with zero attached hydrogens (tertiary/aromatic N) is 2. The highest BCUT2D eigenvalue weighted by Gasteiger charge is 2.42. The van der Waals surface area contributed by atoms with Crippen LogP contribution in [0.1, 0.15) is 54.4 Å². The minimum atomic E-state index is -0.0912. The van der Waals surface area contributed by atoms with Crippen LogP contribution in [0.4, 0.5) is 0 Å². The van der Waals surface area contributed by atoms with Crippen LogP contribution in [0.15, 0.2) is 65.7 Å². The Hall–Kier alpha value is -2.42. The van der Waals surface area contributed by atoms with Crippen molar-refractivity contribution in [3.05, 3.63) is 71.8 Å². The molecule has 1 aliphatic heterocycles. The molecule has 1 spiro atoms. The van der Waals surface area contributed by atoms with E-state index in [1.807, 2.05) is 53.4 Å². The molecule has 0 radical (unpaired) electrons. The number of amides is 1. The van der Waals surface area contributed by atoms with Gasteiger partial charge in [-0.05, 0) is 25.0 Å². The number of aliphatic imine (C=N–C) groups is 1. The molecule has 0 N–H and O–H groups in total. The Bertz CT molecular complexity index is 759. The number of hydrogen-bond acceptors (Lipinski definition) is 2. The van der Waals surface area contributed by atoms with Crippen LogP contribution in [-0.4, -0.2) is 28.7 Å². The molecule has 2 aromatic rings. The third-order valence-electron chi connectivity index (χ3n) is 5.38. The van der Waals surface area contributed by atoms with Crippen LogP contribution < -0.4 is 0 Å². The predicted octanol–water partition coefficient (Wildman–Crippen LogP) is 4.68. The second kappa shape index (κ2) is 6.83. The number of carbonyl (C=O) groups is 1. The van der Waals surface area contributed by atoms with E-state index in [-0.39, 0.29) is 11.4 Å². The molecular weight excluding hydrogens is 308 g/mol. The highest BCUT2D eigenvalue weighted by Crippen LogP contribution is 2.37. The summed E-state index contributed by atoms with van der Waals surface area (Å²) in [5.41, 5.74) is 1.68. The first-order valence-electron chi connectivity index (χ1n) is 9.30. The first-order valence-corrected chi connectivity index (χ1v) is 9.30. The Labute approximate surface area is 149 Å². The van der Waals surface area contributed by atoms with Crippen molar-refractivity contribution in [2.45, 2.75) is 44.1 Å². The highest BCUT2D eigenvalue weighted by atomic mass is 16.2. The molecule has 1 saturated carbocycles. The zero-order valence-electron chi connectivity index (χ0n) is 14.5. The SMILES string of the molecule is O=C(c1ccccc1)N1CC2(CCCCCC2)N=C1c1ccccc1. The van der Waals surface area contributed by atoms with E-state index in [0.29, 0.717) is 6.54 Å². The highest BCUT2D eigenvalue weighted by molar-refractivity contribution is 6.13. The molecule has 0 saturated heterocycles. The van der Waals surface area contributed by atoms with Crippen molar-refractivity contribution in [3.8, 4) is 0 Å². The van der Waals surface area contributed by atoms with Crippen LogP contribution >= 0.6 is 0 Å². The standard InChI is InChI=1S/C22H24N2O/c25-21(19-13-7-4-8-14-19)24-17-22(15-9-1-2-10-16-22)23-20(24)18-11-5-3-6-12-18/h3-8,11-14H,1-2,9-10,15-17H2. The monoisotopic (exact) mass is 332 g/mol. The normalized spacial score (nSPS) is 19.5. The first kappa shape index (κ1) is 16.1. The molecule has 25 heavy (non-hydrogen) atoms. The summed E-state index contributed by atoms with van der Waals surface area (Å²) in [5.74, 6) is 0.903. The van der Waals surface area contributed by atoms with Crippen molar-refractivity contribution in [1.29, 1.82) is 0 Å². The van der Waals surface area contributed by atoms with Crippen molar-refractivity contribution in [3.63, 3.8) is 0 Å². The molecule has 2 aliphatic rings. The largest absolute Gasteiger partial charge is 0.290 e. The van der Waals surface area contributed by atoms with Gasteiger partial charge in [0.05, 0.1) is 12.1 Å². The summed E-state index contributed by atoms with van der Waals surface area (Å²) >= 11 is 0. The van der Waals surface area contributed by atoms with Gasteiger partial charge in [0.25, 0.3) is 5.91 Å². The summed E-state index contributed by atoms with van der Waals surface area (Å²) in [5, 5.41) is 0. The summed E-state index contributed by atoms with van der Waals surface area (Å²) in [7, 11) is 0. The smallest absolute Gasteiger partial charge is 0.259 e. The zero-order valence-corrected chi connectivity index (χ0v) is 14.5. The van der Waals surface area contributed by atoms with Gasteiger partial charge in [0.2, 0.25) is 0 Å². The minimum Gasteiger partial charge on any atom is -0.290 e. The summed E-state index contributed by atoms with van der Waals surface area (Å²) in [6.07, 6.45) is 7.15. The number of hydrogen-bond donors (Lipinski definition) is 0. The Morgan fingerprint density at radius 1 is 0.840 bits per heavy atom. The Balaban J connectivity index is 1.72. The Kier molecular flexibility index (Phi) is 4.39. The van der Waals surface area contributed by atoms with Crippen LogP contribution in [-0.2, 0) is 0 Å². The third kappa shape index (κ3) is 3.23. The molecule has 0 atom stereocenters. The fourth-order valence-electron chi connectivity index (χ4n) is 4.06. The van der Waals surface area contributed by atoms with E-state index in [2.05, 4.69) is 12.1 Å². The number of rotatable bonds is 2. The van der Waals surface area contributed by atoms with Crippen LogP contribution in [0.25, 0.3) is 0 Å². The van der Waals surface area contributed by atoms with Crippen LogP contribution in [0, 0.1) is 0 Å². The van der Waals surface area contributed by atoms with E-state index in [4.69, 9.17) is 4.99 Å². The van der Waals surface area contributed by atoms with Crippen molar-refractivity contribution < 1.29 is 4.79 Å². The van der Waals surface area contributed by atoms with Gasteiger partial charge in [-0.2, -0.15) is 0 Å². The molecule has 3 heteroatoms. The Morgan fingerprint density at radius 2 is 1.44 bits per heavy atom. The van der Waals surface area contributed by atoms with Gasteiger partial charge in [-0.1, -0.05) is 74.2 Å². The molecule has 0 bridgehead atoms. The molecule has 3 nitrogen and oxygen atoms in total. The van der Waals surface area contributed by atoms with E-state index >= 15 is 0 Å². The molecule has 0 unspecified atom stereocenters. The lowest BCUT2D eigenvalue weighted by Gasteiger charge is -2.26. The molecule has 1 amide bonds. The molecule has 128 valence electrons. The topological polar surface area (TPSA) is 32.7 Å². The maximum Gasteiger partial charge on any atom is 0.259 e. The molecule has 0 aromatic heterocycles. The minimum absolute atomic E-state index is 0.0596. The molecule has 1 aliphatic carbocycles. The van der Waals surface area contributed by atoms with Gasteiger partial charge in [0, 0.05) is 11.1 Å². The van der Waals surface area contributed by atoms with Crippen molar-refractivity contribution in [2.75, 3.05) is 6.54 Å². The summed E-state index contributed by atoms with van der Waals surface area (Å²) in [6.45, 7) is 0.713. The maximum atomic E-state index is 13.2. The van der Waals surface area contributed by atoms with Crippen LogP contribution in [0.5, 0.6) is 0 Å². The van der Waals surface area contributed by atoms with Gasteiger partial charge < -0.3 is 0 Å². The summed E-state index contributed by atoms with van der Waals surface area (Å²) in [6, 6.07) is 19.7. The van der Waals surface area contributed by atoms with Gasteiger partial charge in [-0.15, -0.1) is 0 Å². The first-order chi connectivity index (χ1) is 12.3. The second-order valence-corrected chi connectivity index (χ2v) is 7.20. The maximum absolute atomic E-state index is 13.2. The fourth-order valence-corrected chi connectivity index (χ4v) is 4.06. The molecule has 2 aromatic carbocycles. The predicted molar refractivity (Wildman–Crippen MR) is 101 cm³/mol. The third-order valence-corrected chi connectivity index (χ3v) is 5.38. The fraction of sp³-hybridized carbons (Fsp3) is 0.364. The van der Waals surface area contributed by atoms with E-state index < -0.39 is 0 Å². The van der Waals surface area contributed by atoms with E-state index in [1.54, 1.807) is 0 Å². The number of benzene rings is 2. The average Bonchev–Trinajstić information content (AvgIpc) is 2.89. The van der Waals surface area contributed by atoms with Crippen LogP contribution in [0.3, 0.4) is 0 Å². The lowest BCUT2D eigenvalue weighted by Crippen LogP contribution is -2.40. The quantitative estimate of drug-likeness (QED) is 0.786. The van der Waals surface area contributed by atoms with Crippen molar-refractivity contribution in [2.24, 2.45) is 4.99 Å². The average molecular weight is 332 g/mol. The van der Waals surface area contributed by atoms with E-state index in [1.165, 1.54) is 25.7 Å². The van der Waals surface area contributed by atoms with E-state index in [0.717, 1.165) is 29.8 Å². The van der Waals surface area contributed by atoms with Gasteiger partial charge in [-0.3, -0.25) is 14.7 Å². The lowest BCUT2D eigenvalue weighted by molar-refractivity contribution is 0.0838. The summed E-state index contributed by atoms with van der Waals surface area (Å²) in [4.78, 5) is 20.3. The van der Waals surface area contributed by atoms with Crippen molar-refractivity contribution in [1.82, 2.24) is 4.90 Å². The van der Waals surface area contributed by atoms with Gasteiger partial charge in [0.1, 0.15) is 5.84 Å². The molecular formula is C22H24N2O. The molecule has 1 heterocycles. The van der Waals surface area contributed by atoms with E-state index in [9.17, 15) is 4.79 Å². The molecule has 1 fully saturated rings. The lowest BCUT2D eigenvalue weighted by atomic mass is 9.91. The zero-order chi connectivity index (χ0) is 17.1. The molecule has 4 rings (SSSR count). The van der Waals surface area contributed by atoms with Gasteiger partial charge in [-0.25, -0.2) is 0 Å². The number of amidine groups is 1. The summed E-state index contributed by atoms with van der Waals surface area (Å²) < 4.78 is 0. The van der Waals surface area contributed by atoms with Crippen LogP contribution in [0.2, 0.25) is 0 Å². The van der Waals surface area contributed by atoms with Gasteiger partial charge in [0.15, 0.2) is 0 Å². The second-order valence-electron chi connectivity index (χ2n) is 7.20. The number of carbonyl (C=O) groups excluding carboxylic acids is 1. The van der Waals surface area contributed by atoms with Gasteiger partial charge >= 0.3 is 0 Å².